The topological polar surface area (TPSA) is 52.5 Å². The maximum absolute atomic E-state index is 11.0. The molecule has 0 radical (unpaired) electrons. The van der Waals surface area contributed by atoms with Gasteiger partial charge in [0.15, 0.2) is 5.69 Å². The predicted octanol–water partition coefficient (Wildman–Crippen LogP) is 0.149. The first-order valence-corrected chi connectivity index (χ1v) is 9.93. The number of aromatic hydroxyl groups is 1. The molecule has 1 fully saturated rings. The third-order valence-electron chi connectivity index (χ3n) is 5.77. The van der Waals surface area contributed by atoms with Crippen molar-refractivity contribution in [1.29, 1.82) is 0 Å². The van der Waals surface area contributed by atoms with Crippen LogP contribution in [-0.2, 0) is 6.54 Å². The SMILES string of the molecule is CCCOc1ccc2[nH+]c(C)c(C[NH+](C)C3CC[NH+](C)CC3)c(O)c2c1. The Balaban J connectivity index is 1.84. The summed E-state index contributed by atoms with van der Waals surface area (Å²) in [4.78, 5) is 6.58. The lowest BCUT2D eigenvalue weighted by atomic mass is 10.0. The monoisotopic (exact) mass is 360 g/mol. The van der Waals surface area contributed by atoms with Crippen molar-refractivity contribution in [1.82, 2.24) is 0 Å². The first-order valence-electron chi connectivity index (χ1n) is 9.93. The minimum atomic E-state index is 0.399. The van der Waals surface area contributed by atoms with Gasteiger partial charge in [-0.05, 0) is 18.6 Å². The molecule has 1 aromatic heterocycles. The third kappa shape index (κ3) is 4.10. The van der Waals surface area contributed by atoms with E-state index in [1.807, 2.05) is 18.2 Å². The molecule has 1 aliphatic rings. The van der Waals surface area contributed by atoms with Gasteiger partial charge >= 0.3 is 0 Å². The molecule has 1 saturated heterocycles. The second-order valence-corrected chi connectivity index (χ2v) is 7.89. The van der Waals surface area contributed by atoms with Gasteiger partial charge in [0, 0.05) is 25.8 Å². The maximum atomic E-state index is 11.0. The molecule has 5 nitrogen and oxygen atoms in total. The van der Waals surface area contributed by atoms with E-state index in [1.54, 1.807) is 4.90 Å². The van der Waals surface area contributed by atoms with Gasteiger partial charge in [0.2, 0.25) is 5.52 Å². The normalized spacial score (nSPS) is 21.7. The molecule has 5 heteroatoms. The van der Waals surface area contributed by atoms with Gasteiger partial charge in [0.25, 0.3) is 0 Å². The molecule has 4 N–H and O–H groups in total. The van der Waals surface area contributed by atoms with E-state index in [0.29, 0.717) is 18.4 Å². The third-order valence-corrected chi connectivity index (χ3v) is 5.77. The first-order chi connectivity index (χ1) is 12.5. The number of rotatable bonds is 6. The van der Waals surface area contributed by atoms with E-state index >= 15 is 0 Å². The Labute approximate surface area is 156 Å². The van der Waals surface area contributed by atoms with E-state index in [1.165, 1.54) is 30.8 Å². The number of benzene rings is 1. The van der Waals surface area contributed by atoms with Gasteiger partial charge in [-0.2, -0.15) is 0 Å². The van der Waals surface area contributed by atoms with Crippen LogP contribution in [0.1, 0.15) is 37.4 Å². The summed E-state index contributed by atoms with van der Waals surface area (Å²) in [6.07, 6.45) is 3.48. The molecule has 0 amide bonds. The Morgan fingerprint density at radius 2 is 2.04 bits per heavy atom. The zero-order valence-corrected chi connectivity index (χ0v) is 16.6. The Bertz CT molecular complexity index is 754. The standard InChI is InChI=1S/C21H31N3O2/c1-5-12-26-17-6-7-20-18(13-17)21(25)19(15(2)22-20)14-24(4)16-8-10-23(3)11-9-16/h6-7,13,16H,5,8-12,14H2,1-4H3,(H,22,25)/p+3. The van der Waals surface area contributed by atoms with Crippen molar-refractivity contribution >= 4 is 10.9 Å². The Hall–Kier alpha value is -1.85. The molecule has 0 spiro atoms. The van der Waals surface area contributed by atoms with Crippen LogP contribution in [0.5, 0.6) is 11.5 Å². The van der Waals surface area contributed by atoms with Crippen LogP contribution in [-0.4, -0.2) is 44.9 Å². The van der Waals surface area contributed by atoms with E-state index in [2.05, 4.69) is 32.9 Å². The van der Waals surface area contributed by atoms with Crippen LogP contribution in [0.15, 0.2) is 18.2 Å². The van der Waals surface area contributed by atoms with Gasteiger partial charge in [-0.1, -0.05) is 6.92 Å². The van der Waals surface area contributed by atoms with Gasteiger partial charge < -0.3 is 19.6 Å². The molecule has 26 heavy (non-hydrogen) atoms. The number of nitrogens with one attached hydrogen (secondary N) is 3. The lowest BCUT2D eigenvalue weighted by Gasteiger charge is -2.30. The fourth-order valence-electron chi connectivity index (χ4n) is 4.00. The highest BCUT2D eigenvalue weighted by Crippen LogP contribution is 2.30. The van der Waals surface area contributed by atoms with Crippen molar-refractivity contribution < 1.29 is 24.6 Å². The van der Waals surface area contributed by atoms with E-state index < -0.39 is 0 Å². The molecule has 1 aromatic carbocycles. The van der Waals surface area contributed by atoms with Crippen molar-refractivity contribution in [2.75, 3.05) is 33.8 Å². The molecule has 2 aromatic rings. The molecule has 142 valence electrons. The molecule has 2 heterocycles. The summed E-state index contributed by atoms with van der Waals surface area (Å²) < 4.78 is 5.74. The van der Waals surface area contributed by atoms with Crippen molar-refractivity contribution in [3.8, 4) is 11.5 Å². The van der Waals surface area contributed by atoms with Gasteiger partial charge in [-0.3, -0.25) is 0 Å². The number of aryl methyl sites for hydroxylation is 1. The zero-order chi connectivity index (χ0) is 18.7. The highest BCUT2D eigenvalue weighted by molar-refractivity contribution is 5.84. The fourth-order valence-corrected chi connectivity index (χ4v) is 4.00. The highest BCUT2D eigenvalue weighted by atomic mass is 16.5. The average Bonchev–Trinajstić information content (AvgIpc) is 2.64. The molecule has 0 saturated carbocycles. The molecule has 3 rings (SSSR count). The number of hydrogen-bond donors (Lipinski definition) is 3. The van der Waals surface area contributed by atoms with Gasteiger partial charge in [0.1, 0.15) is 23.6 Å². The Kier molecular flexibility index (Phi) is 5.99. The van der Waals surface area contributed by atoms with Gasteiger partial charge in [0.05, 0.1) is 45.2 Å². The minimum Gasteiger partial charge on any atom is -0.506 e. The molecule has 1 unspecified atom stereocenters. The zero-order valence-electron chi connectivity index (χ0n) is 16.6. The lowest BCUT2D eigenvalue weighted by molar-refractivity contribution is -0.948. The minimum absolute atomic E-state index is 0.399. The van der Waals surface area contributed by atoms with E-state index in [9.17, 15) is 5.11 Å². The summed E-state index contributed by atoms with van der Waals surface area (Å²) in [5.74, 6) is 1.22. The van der Waals surface area contributed by atoms with Crippen LogP contribution in [0, 0.1) is 6.92 Å². The quantitative estimate of drug-likeness (QED) is 0.687. The van der Waals surface area contributed by atoms with E-state index in [4.69, 9.17) is 4.74 Å². The first kappa shape index (κ1) is 18.9. The summed E-state index contributed by atoms with van der Waals surface area (Å²) in [5, 5.41) is 11.8. The summed E-state index contributed by atoms with van der Waals surface area (Å²) in [6.45, 7) is 8.18. The summed E-state index contributed by atoms with van der Waals surface area (Å²) >= 11 is 0. The number of ether oxygens (including phenoxy) is 1. The van der Waals surface area contributed by atoms with Crippen LogP contribution >= 0.6 is 0 Å². The van der Waals surface area contributed by atoms with Gasteiger partial charge in [-0.15, -0.1) is 0 Å². The number of aromatic nitrogens is 1. The van der Waals surface area contributed by atoms with E-state index in [-0.39, 0.29) is 0 Å². The second kappa shape index (κ2) is 8.23. The van der Waals surface area contributed by atoms with Gasteiger partial charge in [-0.25, -0.2) is 4.98 Å². The van der Waals surface area contributed by atoms with E-state index in [0.717, 1.165) is 40.9 Å². The van der Waals surface area contributed by atoms with Crippen molar-refractivity contribution in [3.63, 3.8) is 0 Å². The van der Waals surface area contributed by atoms with Crippen molar-refractivity contribution in [3.05, 3.63) is 29.5 Å². The smallest absolute Gasteiger partial charge is 0.215 e. The average molecular weight is 361 g/mol. The van der Waals surface area contributed by atoms with Crippen LogP contribution in [0.25, 0.3) is 10.9 Å². The summed E-state index contributed by atoms with van der Waals surface area (Å²) in [7, 11) is 4.53. The number of piperidine rings is 1. The number of pyridine rings is 1. The molecule has 0 bridgehead atoms. The molecular weight excluding hydrogens is 326 g/mol. The highest BCUT2D eigenvalue weighted by Gasteiger charge is 2.28. The molecular formula is C21H34N3O2+3. The van der Waals surface area contributed by atoms with Crippen molar-refractivity contribution in [2.45, 2.75) is 45.7 Å². The van der Waals surface area contributed by atoms with Crippen LogP contribution in [0.2, 0.25) is 0 Å². The fraction of sp³-hybridized carbons (Fsp3) is 0.571. The van der Waals surface area contributed by atoms with Crippen LogP contribution in [0.3, 0.4) is 0 Å². The summed E-state index contributed by atoms with van der Waals surface area (Å²) in [5.41, 5.74) is 3.03. The number of aromatic amines is 1. The molecule has 0 aliphatic carbocycles. The lowest BCUT2D eigenvalue weighted by Crippen LogP contribution is -3.17. The second-order valence-electron chi connectivity index (χ2n) is 7.89. The number of fused-ring (bicyclic) bond motifs is 1. The van der Waals surface area contributed by atoms with Crippen LogP contribution in [0.4, 0.5) is 0 Å². The Morgan fingerprint density at radius 1 is 1.31 bits per heavy atom. The maximum Gasteiger partial charge on any atom is 0.215 e. The number of quaternary nitrogens is 2. The number of hydrogen-bond acceptors (Lipinski definition) is 2. The Morgan fingerprint density at radius 3 is 2.73 bits per heavy atom. The summed E-state index contributed by atoms with van der Waals surface area (Å²) in [6, 6.07) is 6.58. The largest absolute Gasteiger partial charge is 0.506 e. The number of H-pyrrole nitrogens is 1. The van der Waals surface area contributed by atoms with Crippen LogP contribution < -0.4 is 19.5 Å². The molecule has 1 atom stereocenters. The predicted molar refractivity (Wildman–Crippen MR) is 103 cm³/mol. The van der Waals surface area contributed by atoms with Crippen molar-refractivity contribution in [2.24, 2.45) is 0 Å². The molecule has 1 aliphatic heterocycles. The number of likely N-dealkylation sites (tertiary alicyclic amines) is 1.